The zero-order valence-corrected chi connectivity index (χ0v) is 16.2. The van der Waals surface area contributed by atoms with Crippen LogP contribution in [0.1, 0.15) is 28.3 Å². The predicted octanol–water partition coefficient (Wildman–Crippen LogP) is 2.06. The molecular formula is C21H24N2O5. The average Bonchev–Trinajstić information content (AvgIpc) is 3.08. The monoisotopic (exact) mass is 384 g/mol. The molecule has 2 aromatic rings. The van der Waals surface area contributed by atoms with E-state index in [9.17, 15) is 14.7 Å². The summed E-state index contributed by atoms with van der Waals surface area (Å²) in [5.74, 6) is 0.333. The van der Waals surface area contributed by atoms with Crippen LogP contribution in [-0.2, 0) is 11.3 Å². The Bertz CT molecular complexity index is 999. The zero-order valence-electron chi connectivity index (χ0n) is 16.2. The van der Waals surface area contributed by atoms with E-state index in [-0.39, 0.29) is 18.0 Å². The number of aromatic nitrogens is 1. The van der Waals surface area contributed by atoms with Crippen LogP contribution in [0.4, 0.5) is 0 Å². The zero-order chi connectivity index (χ0) is 20.1. The highest BCUT2D eigenvalue weighted by Crippen LogP contribution is 2.50. The second-order valence-corrected chi connectivity index (χ2v) is 7.78. The van der Waals surface area contributed by atoms with Crippen molar-refractivity contribution >= 4 is 5.97 Å². The third kappa shape index (κ3) is 2.77. The van der Waals surface area contributed by atoms with Gasteiger partial charge in [0.05, 0.1) is 7.11 Å². The van der Waals surface area contributed by atoms with Crippen molar-refractivity contribution in [2.45, 2.75) is 26.3 Å². The Morgan fingerprint density at radius 2 is 2.21 bits per heavy atom. The number of carbonyl (C=O) groups is 1. The number of nitrogens with one attached hydrogen (secondary N) is 1. The highest BCUT2D eigenvalue weighted by molar-refractivity contribution is 5.78. The number of benzene rings is 1. The number of aryl methyl sites for hydroxylation is 1. The minimum absolute atomic E-state index is 0.0269. The summed E-state index contributed by atoms with van der Waals surface area (Å²) in [4.78, 5) is 29.8. The number of rotatable bonds is 4. The fourth-order valence-electron chi connectivity index (χ4n) is 4.40. The molecule has 1 aromatic carbocycles. The number of hydrogen-bond donors (Lipinski definition) is 2. The van der Waals surface area contributed by atoms with E-state index in [0.717, 1.165) is 11.3 Å². The Kier molecular flexibility index (Phi) is 4.42. The van der Waals surface area contributed by atoms with E-state index in [1.54, 1.807) is 20.2 Å². The summed E-state index contributed by atoms with van der Waals surface area (Å²) in [5, 5.41) is 10.1. The molecule has 0 unspecified atom stereocenters. The number of carboxylic acid groups (broad SMARTS) is 1. The molecule has 7 heteroatoms. The smallest absolute Gasteiger partial charge is 0.315 e. The molecule has 1 saturated heterocycles. The molecule has 0 amide bonds. The summed E-state index contributed by atoms with van der Waals surface area (Å²) in [6.45, 7) is 5.16. The van der Waals surface area contributed by atoms with Crippen molar-refractivity contribution in [3.8, 4) is 11.5 Å². The van der Waals surface area contributed by atoms with E-state index in [1.807, 2.05) is 25.1 Å². The highest BCUT2D eigenvalue weighted by atomic mass is 16.5. The summed E-state index contributed by atoms with van der Waals surface area (Å²) >= 11 is 0. The van der Waals surface area contributed by atoms with Crippen LogP contribution >= 0.6 is 0 Å². The molecule has 2 aliphatic rings. The summed E-state index contributed by atoms with van der Waals surface area (Å²) < 4.78 is 11.1. The molecule has 0 spiro atoms. The first-order chi connectivity index (χ1) is 13.4. The second kappa shape index (κ2) is 6.67. The number of pyridine rings is 1. The molecule has 3 heterocycles. The third-order valence-electron chi connectivity index (χ3n) is 6.12. The number of methoxy groups -OCH3 is 1. The molecule has 2 N–H and O–H groups in total. The van der Waals surface area contributed by atoms with Crippen LogP contribution in [0, 0.1) is 19.3 Å². The molecule has 148 valence electrons. The number of H-pyrrole nitrogens is 1. The largest absolute Gasteiger partial charge is 0.497 e. The van der Waals surface area contributed by atoms with Gasteiger partial charge in [-0.15, -0.1) is 0 Å². The first-order valence-electron chi connectivity index (χ1n) is 9.30. The van der Waals surface area contributed by atoms with Crippen LogP contribution in [0.15, 0.2) is 29.2 Å². The van der Waals surface area contributed by atoms with E-state index in [0.29, 0.717) is 42.3 Å². The van der Waals surface area contributed by atoms with Gasteiger partial charge < -0.3 is 19.6 Å². The van der Waals surface area contributed by atoms with Crippen molar-refractivity contribution in [3.05, 3.63) is 57.0 Å². The Hall–Kier alpha value is -2.80. The molecule has 28 heavy (non-hydrogen) atoms. The Morgan fingerprint density at radius 3 is 2.93 bits per heavy atom. The van der Waals surface area contributed by atoms with Gasteiger partial charge in [-0.25, -0.2) is 0 Å². The molecule has 2 aliphatic heterocycles. The molecule has 0 aliphatic carbocycles. The van der Waals surface area contributed by atoms with Crippen molar-refractivity contribution < 1.29 is 19.4 Å². The minimum Gasteiger partial charge on any atom is -0.497 e. The Morgan fingerprint density at radius 1 is 1.43 bits per heavy atom. The summed E-state index contributed by atoms with van der Waals surface area (Å²) in [7, 11) is 1.59. The van der Waals surface area contributed by atoms with E-state index < -0.39 is 11.4 Å². The molecule has 1 fully saturated rings. The van der Waals surface area contributed by atoms with E-state index in [4.69, 9.17) is 9.47 Å². The van der Waals surface area contributed by atoms with Gasteiger partial charge in [0.2, 0.25) is 0 Å². The van der Waals surface area contributed by atoms with Crippen molar-refractivity contribution in [1.29, 1.82) is 0 Å². The maximum Gasteiger partial charge on any atom is 0.315 e. The maximum absolute atomic E-state index is 12.3. The summed E-state index contributed by atoms with van der Waals surface area (Å²) in [6.07, 6.45) is 1.71. The maximum atomic E-state index is 12.3. The number of ether oxygens (including phenoxy) is 2. The number of hydrogen-bond acceptors (Lipinski definition) is 5. The lowest BCUT2D eigenvalue weighted by Gasteiger charge is -2.36. The van der Waals surface area contributed by atoms with Crippen molar-refractivity contribution in [1.82, 2.24) is 9.88 Å². The number of nitrogens with zero attached hydrogens (tertiary/aromatic N) is 1. The molecule has 0 radical (unpaired) electrons. The molecule has 0 saturated carbocycles. The lowest BCUT2D eigenvalue weighted by molar-refractivity contribution is -0.151. The van der Waals surface area contributed by atoms with Gasteiger partial charge in [-0.3, -0.25) is 14.5 Å². The molecular weight excluding hydrogens is 360 g/mol. The molecule has 2 atom stereocenters. The molecule has 0 bridgehead atoms. The Labute approximate surface area is 162 Å². The quantitative estimate of drug-likeness (QED) is 0.838. The number of carboxylic acids is 1. The number of fused-ring (bicyclic) bond motifs is 3. The summed E-state index contributed by atoms with van der Waals surface area (Å²) in [6, 6.07) is 5.55. The molecule has 4 rings (SSSR count). The SMILES string of the molecule is COc1ccc2c(c1)OC[C@]1(C(=O)O)CN(Cc3[nH]cc(C)c(=O)c3C)C[C@H]21. The molecule has 7 nitrogen and oxygen atoms in total. The van der Waals surface area contributed by atoms with Crippen LogP contribution in [0.3, 0.4) is 0 Å². The van der Waals surface area contributed by atoms with Gasteiger partial charge in [0, 0.05) is 60.2 Å². The lowest BCUT2D eigenvalue weighted by Crippen LogP contribution is -2.45. The van der Waals surface area contributed by atoms with Gasteiger partial charge in [0.15, 0.2) is 5.43 Å². The van der Waals surface area contributed by atoms with Gasteiger partial charge >= 0.3 is 5.97 Å². The van der Waals surface area contributed by atoms with Crippen molar-refractivity contribution in [3.63, 3.8) is 0 Å². The lowest BCUT2D eigenvalue weighted by atomic mass is 9.73. The van der Waals surface area contributed by atoms with Crippen LogP contribution in [0.2, 0.25) is 0 Å². The van der Waals surface area contributed by atoms with Crippen LogP contribution in [-0.4, -0.2) is 47.8 Å². The fourth-order valence-corrected chi connectivity index (χ4v) is 4.40. The van der Waals surface area contributed by atoms with Gasteiger partial charge in [0.25, 0.3) is 0 Å². The minimum atomic E-state index is -1.000. The van der Waals surface area contributed by atoms with E-state index >= 15 is 0 Å². The first-order valence-corrected chi connectivity index (χ1v) is 9.30. The topological polar surface area (TPSA) is 91.9 Å². The van der Waals surface area contributed by atoms with Crippen molar-refractivity contribution in [2.75, 3.05) is 26.8 Å². The predicted molar refractivity (Wildman–Crippen MR) is 103 cm³/mol. The molecule has 1 aromatic heterocycles. The summed E-state index contributed by atoms with van der Waals surface area (Å²) in [5.41, 5.74) is 2.10. The normalized spacial score (nSPS) is 23.6. The van der Waals surface area contributed by atoms with E-state index in [2.05, 4.69) is 9.88 Å². The number of aliphatic carboxylic acids is 1. The average molecular weight is 384 g/mol. The van der Waals surface area contributed by atoms with Gasteiger partial charge in [-0.05, 0) is 19.9 Å². The highest BCUT2D eigenvalue weighted by Gasteiger charge is 2.56. The van der Waals surface area contributed by atoms with Crippen LogP contribution < -0.4 is 14.9 Å². The van der Waals surface area contributed by atoms with Crippen LogP contribution in [0.5, 0.6) is 11.5 Å². The van der Waals surface area contributed by atoms with Crippen LogP contribution in [0.25, 0.3) is 0 Å². The van der Waals surface area contributed by atoms with Crippen molar-refractivity contribution in [2.24, 2.45) is 5.41 Å². The standard InChI is InChI=1S/C21H24N2O5/c1-12-7-22-17(13(2)19(12)24)9-23-8-16-15-5-4-14(27-3)6-18(15)28-11-21(16,10-23)20(25)26/h4-7,16H,8-11H2,1-3H3,(H,22,24)(H,25,26)/t16-,21-/m1/s1. The fraction of sp³-hybridized carbons (Fsp3) is 0.429. The third-order valence-corrected chi connectivity index (χ3v) is 6.12. The van der Waals surface area contributed by atoms with Gasteiger partial charge in [0.1, 0.15) is 23.5 Å². The second-order valence-electron chi connectivity index (χ2n) is 7.78. The van der Waals surface area contributed by atoms with Gasteiger partial charge in [-0.1, -0.05) is 6.07 Å². The van der Waals surface area contributed by atoms with E-state index in [1.165, 1.54) is 0 Å². The first kappa shape index (κ1) is 18.6. The number of aromatic amines is 1. The van der Waals surface area contributed by atoms with Gasteiger partial charge in [-0.2, -0.15) is 0 Å². The number of likely N-dealkylation sites (tertiary alicyclic amines) is 1. The Balaban J connectivity index is 1.67.